The molecule has 5 nitrogen and oxygen atoms in total. The molecule has 4 aromatic rings. The number of anilines is 1. The van der Waals surface area contributed by atoms with Gasteiger partial charge in [0.05, 0.1) is 29.5 Å². The number of pyridine rings is 1. The number of aromatic nitrogens is 2. The number of carbonyl (C=O) groups excluding carboxylic acids is 1. The van der Waals surface area contributed by atoms with Crippen LogP contribution in [0.4, 0.5) is 5.69 Å². The van der Waals surface area contributed by atoms with E-state index in [-0.39, 0.29) is 12.5 Å². The average molecular weight is 366 g/mol. The lowest BCUT2D eigenvalue weighted by molar-refractivity contribution is -0.121. The Labute approximate surface area is 155 Å². The number of amides is 1. The number of fused-ring (bicyclic) bond motifs is 3. The molecule has 0 saturated heterocycles. The zero-order valence-electron chi connectivity index (χ0n) is 13.8. The van der Waals surface area contributed by atoms with Crippen LogP contribution in [0, 0.1) is 0 Å². The number of benzene rings is 2. The fraction of sp³-hybridized carbons (Fsp3) is 0.100. The molecule has 0 atom stereocenters. The first-order valence-corrected chi connectivity index (χ1v) is 8.55. The Hall–Kier alpha value is -2.89. The lowest BCUT2D eigenvalue weighted by Crippen LogP contribution is -2.18. The molecule has 0 bridgehead atoms. The third-order valence-electron chi connectivity index (χ3n) is 4.09. The van der Waals surface area contributed by atoms with Crippen molar-refractivity contribution in [3.05, 3.63) is 71.5 Å². The minimum atomic E-state index is -0.235. The number of ether oxygens (including phenoxy) is 1. The van der Waals surface area contributed by atoms with Gasteiger partial charge in [0.15, 0.2) is 0 Å². The van der Waals surface area contributed by atoms with Gasteiger partial charge in [-0.25, -0.2) is 0 Å². The first-order chi connectivity index (χ1) is 12.7. The van der Waals surface area contributed by atoms with E-state index in [1.165, 1.54) is 0 Å². The van der Waals surface area contributed by atoms with Crippen LogP contribution in [0.25, 0.3) is 21.8 Å². The first kappa shape index (κ1) is 16.6. The molecule has 130 valence electrons. The second-order valence-electron chi connectivity index (χ2n) is 5.95. The van der Waals surface area contributed by atoms with Gasteiger partial charge in [-0.05, 0) is 23.8 Å². The van der Waals surface area contributed by atoms with Crippen molar-refractivity contribution < 1.29 is 9.53 Å². The Kier molecular flexibility index (Phi) is 4.56. The van der Waals surface area contributed by atoms with Crippen molar-refractivity contribution in [2.24, 2.45) is 0 Å². The minimum absolute atomic E-state index is 0.0370. The Morgan fingerprint density at radius 3 is 2.85 bits per heavy atom. The summed E-state index contributed by atoms with van der Waals surface area (Å²) in [6, 6.07) is 15.2. The molecule has 0 spiro atoms. The highest BCUT2D eigenvalue weighted by Gasteiger charge is 2.12. The summed E-state index contributed by atoms with van der Waals surface area (Å²) in [6.07, 6.45) is 3.48. The Morgan fingerprint density at radius 1 is 1.15 bits per heavy atom. The number of aromatic amines is 1. The van der Waals surface area contributed by atoms with Crippen molar-refractivity contribution in [3.63, 3.8) is 0 Å². The fourth-order valence-electron chi connectivity index (χ4n) is 2.94. The SMILES string of the molecule is O=C(COCc1ccccc1)Nc1cc(Cl)cc2c1[nH]c1cnccc12. The highest BCUT2D eigenvalue weighted by atomic mass is 35.5. The quantitative estimate of drug-likeness (QED) is 0.546. The van der Waals surface area contributed by atoms with Crippen LogP contribution in [-0.2, 0) is 16.1 Å². The maximum atomic E-state index is 12.3. The van der Waals surface area contributed by atoms with Gasteiger partial charge in [0.2, 0.25) is 5.91 Å². The molecule has 6 heteroatoms. The van der Waals surface area contributed by atoms with Gasteiger partial charge in [-0.3, -0.25) is 9.78 Å². The zero-order chi connectivity index (χ0) is 17.9. The van der Waals surface area contributed by atoms with Gasteiger partial charge in [0, 0.05) is 22.0 Å². The summed E-state index contributed by atoms with van der Waals surface area (Å²) < 4.78 is 5.49. The highest BCUT2D eigenvalue weighted by molar-refractivity contribution is 6.32. The minimum Gasteiger partial charge on any atom is -0.367 e. The number of rotatable bonds is 5. The van der Waals surface area contributed by atoms with Crippen LogP contribution in [0.15, 0.2) is 60.9 Å². The largest absolute Gasteiger partial charge is 0.367 e. The summed E-state index contributed by atoms with van der Waals surface area (Å²) >= 11 is 6.24. The molecule has 0 saturated carbocycles. The number of hydrogen-bond acceptors (Lipinski definition) is 3. The predicted octanol–water partition coefficient (Wildman–Crippen LogP) is 4.52. The molecule has 1 amide bonds. The predicted molar refractivity (Wildman–Crippen MR) is 103 cm³/mol. The Morgan fingerprint density at radius 2 is 2.00 bits per heavy atom. The summed E-state index contributed by atoms with van der Waals surface area (Å²) in [5.41, 5.74) is 3.35. The van der Waals surface area contributed by atoms with Crippen LogP contribution < -0.4 is 5.32 Å². The molecule has 0 unspecified atom stereocenters. The lowest BCUT2D eigenvalue weighted by atomic mass is 10.1. The van der Waals surface area contributed by atoms with Crippen LogP contribution in [0.3, 0.4) is 0 Å². The maximum Gasteiger partial charge on any atom is 0.250 e. The molecule has 0 fully saturated rings. The zero-order valence-corrected chi connectivity index (χ0v) is 14.6. The van der Waals surface area contributed by atoms with E-state index in [9.17, 15) is 4.79 Å². The number of halogens is 1. The number of hydrogen-bond donors (Lipinski definition) is 2. The van der Waals surface area contributed by atoms with E-state index in [4.69, 9.17) is 16.3 Å². The van der Waals surface area contributed by atoms with E-state index in [1.54, 1.807) is 18.5 Å². The van der Waals surface area contributed by atoms with Crippen molar-refractivity contribution in [2.75, 3.05) is 11.9 Å². The molecule has 2 aromatic carbocycles. The number of carbonyl (C=O) groups is 1. The monoisotopic (exact) mass is 365 g/mol. The third kappa shape index (κ3) is 3.40. The van der Waals surface area contributed by atoms with E-state index in [2.05, 4.69) is 15.3 Å². The average Bonchev–Trinajstić information content (AvgIpc) is 3.01. The maximum absolute atomic E-state index is 12.3. The van der Waals surface area contributed by atoms with Crippen LogP contribution in [0.2, 0.25) is 5.02 Å². The Bertz CT molecular complexity index is 1080. The van der Waals surface area contributed by atoms with Crippen molar-refractivity contribution in [1.29, 1.82) is 0 Å². The normalized spacial score (nSPS) is 11.1. The van der Waals surface area contributed by atoms with Crippen molar-refractivity contribution in [3.8, 4) is 0 Å². The van der Waals surface area contributed by atoms with Crippen LogP contribution in [0.5, 0.6) is 0 Å². The molecule has 0 aliphatic heterocycles. The van der Waals surface area contributed by atoms with E-state index in [0.29, 0.717) is 17.3 Å². The van der Waals surface area contributed by atoms with Gasteiger partial charge in [0.1, 0.15) is 6.61 Å². The second-order valence-corrected chi connectivity index (χ2v) is 6.39. The molecule has 4 rings (SSSR count). The van der Waals surface area contributed by atoms with E-state index < -0.39 is 0 Å². The molecule has 0 radical (unpaired) electrons. The lowest BCUT2D eigenvalue weighted by Gasteiger charge is -2.08. The molecule has 0 aliphatic rings. The summed E-state index contributed by atoms with van der Waals surface area (Å²) in [7, 11) is 0. The van der Waals surface area contributed by atoms with Gasteiger partial charge in [0.25, 0.3) is 0 Å². The van der Waals surface area contributed by atoms with Gasteiger partial charge < -0.3 is 15.0 Å². The van der Waals surface area contributed by atoms with Crippen molar-refractivity contribution in [1.82, 2.24) is 9.97 Å². The number of nitrogens with zero attached hydrogens (tertiary/aromatic N) is 1. The topological polar surface area (TPSA) is 67.0 Å². The highest BCUT2D eigenvalue weighted by Crippen LogP contribution is 2.33. The van der Waals surface area contributed by atoms with Gasteiger partial charge in [-0.15, -0.1) is 0 Å². The van der Waals surface area contributed by atoms with Crippen LogP contribution in [-0.4, -0.2) is 22.5 Å². The molecule has 26 heavy (non-hydrogen) atoms. The number of nitrogens with one attached hydrogen (secondary N) is 2. The smallest absolute Gasteiger partial charge is 0.250 e. The third-order valence-corrected chi connectivity index (χ3v) is 4.31. The van der Waals surface area contributed by atoms with Gasteiger partial charge >= 0.3 is 0 Å². The number of H-pyrrole nitrogens is 1. The summed E-state index contributed by atoms with van der Waals surface area (Å²) in [5, 5.41) is 5.37. The summed E-state index contributed by atoms with van der Waals surface area (Å²) in [4.78, 5) is 19.7. The standard InChI is InChI=1S/C20H16ClN3O2/c21-14-8-16-15-6-7-22-10-18(15)24-20(16)17(9-14)23-19(25)12-26-11-13-4-2-1-3-5-13/h1-10,24H,11-12H2,(H,23,25). The van der Waals surface area contributed by atoms with Crippen molar-refractivity contribution >= 4 is 45.0 Å². The van der Waals surface area contributed by atoms with Gasteiger partial charge in [-0.1, -0.05) is 41.9 Å². The Balaban J connectivity index is 1.52. The van der Waals surface area contributed by atoms with E-state index >= 15 is 0 Å². The molecule has 2 aromatic heterocycles. The molecule has 0 aliphatic carbocycles. The van der Waals surface area contributed by atoms with Gasteiger partial charge in [-0.2, -0.15) is 0 Å². The summed E-state index contributed by atoms with van der Waals surface area (Å²) in [6.45, 7) is 0.349. The molecule has 2 heterocycles. The molecular weight excluding hydrogens is 350 g/mol. The second kappa shape index (κ2) is 7.15. The van der Waals surface area contributed by atoms with Crippen LogP contribution in [0.1, 0.15) is 5.56 Å². The summed E-state index contributed by atoms with van der Waals surface area (Å²) in [5.74, 6) is -0.235. The van der Waals surface area contributed by atoms with E-state index in [1.807, 2.05) is 42.5 Å². The fourth-order valence-corrected chi connectivity index (χ4v) is 3.16. The van der Waals surface area contributed by atoms with Crippen LogP contribution >= 0.6 is 11.6 Å². The molecular formula is C20H16ClN3O2. The van der Waals surface area contributed by atoms with Crippen molar-refractivity contribution in [2.45, 2.75) is 6.61 Å². The van der Waals surface area contributed by atoms with E-state index in [0.717, 1.165) is 27.4 Å². The molecule has 2 N–H and O–H groups in total. The first-order valence-electron chi connectivity index (χ1n) is 8.17.